The van der Waals surface area contributed by atoms with Crippen molar-refractivity contribution in [3.05, 3.63) is 42.1 Å². The maximum atomic E-state index is 12.6. The highest BCUT2D eigenvalue weighted by Crippen LogP contribution is 2.34. The van der Waals surface area contributed by atoms with Gasteiger partial charge in [-0.25, -0.2) is 4.79 Å². The first kappa shape index (κ1) is 17.5. The van der Waals surface area contributed by atoms with Crippen LogP contribution in [0.4, 0.5) is 23.7 Å². The van der Waals surface area contributed by atoms with Gasteiger partial charge in [-0.2, -0.15) is 21.6 Å². The van der Waals surface area contributed by atoms with E-state index in [1.54, 1.807) is 29.2 Å². The van der Waals surface area contributed by atoms with Gasteiger partial charge in [-0.05, 0) is 23.9 Å². The van der Waals surface area contributed by atoms with Gasteiger partial charge in [0.15, 0.2) is 0 Å². The second-order valence-electron chi connectivity index (χ2n) is 5.56. The Morgan fingerprint density at radius 3 is 2.60 bits per heavy atom. The van der Waals surface area contributed by atoms with Crippen LogP contribution in [0.2, 0.25) is 0 Å². The minimum Gasteiger partial charge on any atom is -0.465 e. The summed E-state index contributed by atoms with van der Waals surface area (Å²) in [6, 6.07) is 5.73. The first-order valence-electron chi connectivity index (χ1n) is 7.12. The number of rotatable bonds is 2. The number of alkyl halides is 3. The lowest BCUT2D eigenvalue weighted by Crippen LogP contribution is -2.46. The molecule has 7 nitrogen and oxygen atoms in total. The van der Waals surface area contributed by atoms with E-state index in [0.29, 0.717) is 11.3 Å². The van der Waals surface area contributed by atoms with Gasteiger partial charge in [0.05, 0.1) is 18.3 Å². The van der Waals surface area contributed by atoms with Crippen molar-refractivity contribution in [3.8, 4) is 0 Å². The van der Waals surface area contributed by atoms with E-state index in [0.717, 1.165) is 4.90 Å². The molecule has 0 fully saturated rings. The maximum absolute atomic E-state index is 12.6. The smallest absolute Gasteiger partial charge is 0.465 e. The molecular formula is C14H13F3N2O5S. The monoisotopic (exact) mass is 378 g/mol. The van der Waals surface area contributed by atoms with E-state index in [1.165, 1.54) is 12.3 Å². The molecule has 25 heavy (non-hydrogen) atoms. The second-order valence-corrected chi connectivity index (χ2v) is 7.13. The summed E-state index contributed by atoms with van der Waals surface area (Å²) >= 11 is 0. The number of benzene rings is 1. The Kier molecular flexibility index (Phi) is 4.15. The minimum atomic E-state index is -5.79. The van der Waals surface area contributed by atoms with Crippen molar-refractivity contribution in [2.75, 3.05) is 11.4 Å². The van der Waals surface area contributed by atoms with Crippen molar-refractivity contribution < 1.29 is 35.7 Å². The molecule has 2 aliphatic rings. The Morgan fingerprint density at radius 1 is 1.28 bits per heavy atom. The van der Waals surface area contributed by atoms with Gasteiger partial charge in [-0.3, -0.25) is 9.08 Å². The highest BCUT2D eigenvalue weighted by atomic mass is 32.2. The number of para-hydroxylation sites is 1. The van der Waals surface area contributed by atoms with Gasteiger partial charge in [0.25, 0.3) is 0 Å². The van der Waals surface area contributed by atoms with Gasteiger partial charge < -0.3 is 10.0 Å². The van der Waals surface area contributed by atoms with Gasteiger partial charge in [0.2, 0.25) is 0 Å². The lowest BCUT2D eigenvalue weighted by Gasteiger charge is -2.29. The van der Waals surface area contributed by atoms with Crippen LogP contribution in [0, 0.1) is 0 Å². The first-order chi connectivity index (χ1) is 11.6. The third kappa shape index (κ3) is 3.16. The molecule has 0 radical (unpaired) electrons. The van der Waals surface area contributed by atoms with Crippen LogP contribution in [-0.2, 0) is 20.8 Å². The van der Waals surface area contributed by atoms with Crippen LogP contribution in [0.5, 0.6) is 0 Å². The van der Waals surface area contributed by atoms with Gasteiger partial charge in [-0.15, -0.1) is 0 Å². The van der Waals surface area contributed by atoms with Gasteiger partial charge in [0, 0.05) is 6.54 Å². The molecule has 1 N–H and O–H groups in total. The van der Waals surface area contributed by atoms with Crippen molar-refractivity contribution in [2.45, 2.75) is 24.2 Å². The summed E-state index contributed by atoms with van der Waals surface area (Å²) in [6.45, 7) is -0.0234. The van der Waals surface area contributed by atoms with Crippen LogP contribution in [0.25, 0.3) is 0 Å². The Hall–Kier alpha value is -2.27. The number of nitrogens with zero attached hydrogens (tertiary/aromatic N) is 2. The molecule has 2 atom stereocenters. The van der Waals surface area contributed by atoms with Crippen LogP contribution >= 0.6 is 0 Å². The molecule has 2 unspecified atom stereocenters. The molecule has 2 heterocycles. The van der Waals surface area contributed by atoms with E-state index < -0.39 is 33.9 Å². The average molecular weight is 378 g/mol. The summed E-state index contributed by atoms with van der Waals surface area (Å²) in [7, 11) is -5.79. The molecule has 0 spiro atoms. The lowest BCUT2D eigenvalue weighted by atomic mass is 10.1. The van der Waals surface area contributed by atoms with E-state index >= 15 is 0 Å². The molecule has 0 bridgehead atoms. The normalized spacial score (nSPS) is 23.2. The summed E-state index contributed by atoms with van der Waals surface area (Å²) < 4.78 is 64.5. The van der Waals surface area contributed by atoms with Crippen molar-refractivity contribution >= 4 is 21.9 Å². The minimum absolute atomic E-state index is 0.215. The summed E-state index contributed by atoms with van der Waals surface area (Å²) in [5.41, 5.74) is -4.50. The summed E-state index contributed by atoms with van der Waals surface area (Å²) in [6.07, 6.45) is -0.132. The summed E-state index contributed by atoms with van der Waals surface area (Å²) in [4.78, 5) is 14.1. The molecule has 1 aromatic rings. The van der Waals surface area contributed by atoms with Crippen LogP contribution < -0.4 is 4.90 Å². The largest absolute Gasteiger partial charge is 0.523 e. The van der Waals surface area contributed by atoms with Crippen LogP contribution in [0.1, 0.15) is 5.56 Å². The Labute approximate surface area is 141 Å². The number of anilines is 1. The molecule has 136 valence electrons. The number of hydrogen-bond donors (Lipinski definition) is 1. The zero-order chi connectivity index (χ0) is 18.4. The lowest BCUT2D eigenvalue weighted by molar-refractivity contribution is -0.0572. The van der Waals surface area contributed by atoms with Gasteiger partial charge in [0.1, 0.15) is 6.10 Å². The SMILES string of the molecule is O=C(O)N1CC2C(OS(=O)(=O)C(F)(F)F)C=CN2Cc2ccccc21. The van der Waals surface area contributed by atoms with Crippen LogP contribution in [0.15, 0.2) is 36.5 Å². The molecule has 0 saturated carbocycles. The van der Waals surface area contributed by atoms with E-state index in [2.05, 4.69) is 4.18 Å². The van der Waals surface area contributed by atoms with E-state index in [1.807, 2.05) is 0 Å². The van der Waals surface area contributed by atoms with Crippen molar-refractivity contribution in [3.63, 3.8) is 0 Å². The molecule has 3 rings (SSSR count). The number of carboxylic acid groups (broad SMARTS) is 1. The Morgan fingerprint density at radius 2 is 1.96 bits per heavy atom. The van der Waals surface area contributed by atoms with Crippen molar-refractivity contribution in [1.82, 2.24) is 4.90 Å². The van der Waals surface area contributed by atoms with Gasteiger partial charge in [-0.1, -0.05) is 18.2 Å². The van der Waals surface area contributed by atoms with E-state index in [-0.39, 0.29) is 13.1 Å². The number of fused-ring (bicyclic) bond motifs is 2. The van der Waals surface area contributed by atoms with Crippen molar-refractivity contribution in [2.24, 2.45) is 0 Å². The molecule has 0 aromatic heterocycles. The number of amides is 1. The number of hydrogen-bond acceptors (Lipinski definition) is 5. The topological polar surface area (TPSA) is 87.1 Å². The fraction of sp³-hybridized carbons (Fsp3) is 0.357. The molecule has 1 amide bonds. The fourth-order valence-corrected chi connectivity index (χ4v) is 3.46. The highest BCUT2D eigenvalue weighted by molar-refractivity contribution is 7.87. The number of halogens is 3. The third-order valence-electron chi connectivity index (χ3n) is 4.03. The molecule has 2 aliphatic heterocycles. The Balaban J connectivity index is 1.91. The maximum Gasteiger partial charge on any atom is 0.523 e. The fourth-order valence-electron chi connectivity index (χ4n) is 2.87. The molecule has 0 aliphatic carbocycles. The highest BCUT2D eigenvalue weighted by Gasteiger charge is 2.50. The quantitative estimate of drug-likeness (QED) is 0.627. The number of carbonyl (C=O) groups is 1. The van der Waals surface area contributed by atoms with E-state index in [4.69, 9.17) is 0 Å². The second kappa shape index (κ2) is 5.92. The summed E-state index contributed by atoms with van der Waals surface area (Å²) in [5.74, 6) is 0. The molecule has 11 heteroatoms. The predicted molar refractivity (Wildman–Crippen MR) is 80.1 cm³/mol. The van der Waals surface area contributed by atoms with E-state index in [9.17, 15) is 31.5 Å². The summed E-state index contributed by atoms with van der Waals surface area (Å²) in [5, 5.41) is 9.43. The molecular weight excluding hydrogens is 365 g/mol. The zero-order valence-corrected chi connectivity index (χ0v) is 13.4. The Bertz CT molecular complexity index is 824. The first-order valence-corrected chi connectivity index (χ1v) is 8.53. The van der Waals surface area contributed by atoms with Crippen molar-refractivity contribution in [1.29, 1.82) is 0 Å². The predicted octanol–water partition coefficient (Wildman–Crippen LogP) is 2.12. The molecule has 1 aromatic carbocycles. The van der Waals surface area contributed by atoms with Gasteiger partial charge >= 0.3 is 21.7 Å². The van der Waals surface area contributed by atoms with Crippen LogP contribution in [-0.4, -0.2) is 48.7 Å². The zero-order valence-electron chi connectivity index (χ0n) is 12.5. The standard InChI is InChI=1S/C14H13F3N2O5S/c15-14(16,17)25(22,23)24-12-5-6-18-7-9-3-1-2-4-10(9)19(13(20)21)8-11(12)18/h1-6,11-12H,7-8H2,(H,20,21). The average Bonchev–Trinajstić information content (AvgIpc) is 2.77. The third-order valence-corrected chi connectivity index (χ3v) is 5.07. The molecule has 0 saturated heterocycles. The van der Waals surface area contributed by atoms with Crippen LogP contribution in [0.3, 0.4) is 0 Å².